The van der Waals surface area contributed by atoms with E-state index in [4.69, 9.17) is 41.9 Å². The molecule has 0 saturated carbocycles. The molecule has 1 aliphatic rings. The van der Waals surface area contributed by atoms with Crippen molar-refractivity contribution in [2.45, 2.75) is 19.6 Å². The fourth-order valence-electron chi connectivity index (χ4n) is 5.19. The number of hydrogen-bond donors (Lipinski definition) is 0. The molecule has 0 spiro atoms. The molecule has 44 heavy (non-hydrogen) atoms. The van der Waals surface area contributed by atoms with Crippen molar-refractivity contribution in [3.8, 4) is 17.0 Å². The first-order valence-corrected chi connectivity index (χ1v) is 14.9. The van der Waals surface area contributed by atoms with Gasteiger partial charge in [0, 0.05) is 38.3 Å². The summed E-state index contributed by atoms with van der Waals surface area (Å²) in [4.78, 5) is 29.6. The smallest absolute Gasteiger partial charge is 0.337 e. The van der Waals surface area contributed by atoms with Crippen molar-refractivity contribution in [2.75, 3.05) is 46.9 Å². The number of halogens is 2. The number of benzene rings is 3. The number of nitrogens with zero attached hydrogens (tertiary/aromatic N) is 3. The van der Waals surface area contributed by atoms with Crippen LogP contribution in [0.1, 0.15) is 43.7 Å². The van der Waals surface area contributed by atoms with E-state index in [0.29, 0.717) is 77.5 Å². The van der Waals surface area contributed by atoms with Gasteiger partial charge in [0.05, 0.1) is 42.5 Å². The van der Waals surface area contributed by atoms with Crippen LogP contribution in [-0.2, 0) is 16.1 Å². The van der Waals surface area contributed by atoms with E-state index in [-0.39, 0.29) is 18.0 Å². The Labute approximate surface area is 266 Å². The van der Waals surface area contributed by atoms with E-state index in [1.165, 1.54) is 7.11 Å². The second kappa shape index (κ2) is 14.3. The van der Waals surface area contributed by atoms with E-state index in [1.54, 1.807) is 49.3 Å². The molecular formula is C33H33Cl2N3O6. The Bertz CT molecular complexity index is 1600. The van der Waals surface area contributed by atoms with Crippen LogP contribution in [0.4, 0.5) is 0 Å². The molecule has 1 aliphatic heterocycles. The number of esters is 1. The van der Waals surface area contributed by atoms with E-state index in [2.05, 4.69) is 10.1 Å². The number of piperazine rings is 1. The Hall–Kier alpha value is -3.89. The standard InChI is InChI=1S/C33H33Cl2N3O6/c1-21-29(31(36-44-21)30-26(34)8-5-9-27(30)35)32(39)38-16-14-37(15-17-38)19-28(24-6-4-7-25(18-24)41-2)43-20-22-10-12-23(13-11-22)33(40)42-3/h4-13,18,28H,14-17,19-20H2,1-3H3/t28-/m0/s1. The van der Waals surface area contributed by atoms with Gasteiger partial charge in [-0.2, -0.15) is 0 Å². The largest absolute Gasteiger partial charge is 0.497 e. The zero-order valence-electron chi connectivity index (χ0n) is 24.7. The molecule has 9 nitrogen and oxygen atoms in total. The van der Waals surface area contributed by atoms with Gasteiger partial charge in [-0.3, -0.25) is 9.69 Å². The lowest BCUT2D eigenvalue weighted by atomic mass is 10.0. The number of carbonyl (C=O) groups is 2. The minimum atomic E-state index is -0.382. The Balaban J connectivity index is 1.27. The molecule has 0 unspecified atom stereocenters. The average Bonchev–Trinajstić information content (AvgIpc) is 3.43. The molecule has 0 aliphatic carbocycles. The molecule has 1 aromatic heterocycles. The second-order valence-electron chi connectivity index (χ2n) is 10.4. The Morgan fingerprint density at radius 2 is 1.64 bits per heavy atom. The molecule has 0 N–H and O–H groups in total. The summed E-state index contributed by atoms with van der Waals surface area (Å²) in [5.74, 6) is 0.597. The fraction of sp³-hybridized carbons (Fsp3) is 0.303. The lowest BCUT2D eigenvalue weighted by Crippen LogP contribution is -2.49. The first-order chi connectivity index (χ1) is 21.3. The number of carbonyl (C=O) groups excluding carboxylic acids is 2. The molecule has 4 aromatic rings. The summed E-state index contributed by atoms with van der Waals surface area (Å²) in [5.41, 5.74) is 3.58. The molecule has 1 atom stereocenters. The summed E-state index contributed by atoms with van der Waals surface area (Å²) >= 11 is 12.9. The molecule has 11 heteroatoms. The Morgan fingerprint density at radius 1 is 0.955 bits per heavy atom. The van der Waals surface area contributed by atoms with Crippen LogP contribution in [0.5, 0.6) is 5.75 Å². The molecule has 1 fully saturated rings. The number of rotatable bonds is 10. The van der Waals surface area contributed by atoms with Crippen LogP contribution in [-0.4, -0.2) is 73.8 Å². The quantitative estimate of drug-likeness (QED) is 0.183. The van der Waals surface area contributed by atoms with Gasteiger partial charge in [0.2, 0.25) is 0 Å². The maximum Gasteiger partial charge on any atom is 0.337 e. The summed E-state index contributed by atoms with van der Waals surface area (Å²) in [7, 11) is 2.99. The van der Waals surface area contributed by atoms with E-state index in [9.17, 15) is 9.59 Å². The number of hydrogen-bond acceptors (Lipinski definition) is 8. The maximum absolute atomic E-state index is 13.7. The first-order valence-electron chi connectivity index (χ1n) is 14.1. The van der Waals surface area contributed by atoms with E-state index >= 15 is 0 Å². The third-order valence-electron chi connectivity index (χ3n) is 7.65. The van der Waals surface area contributed by atoms with Crippen molar-refractivity contribution in [1.82, 2.24) is 15.0 Å². The predicted molar refractivity (Wildman–Crippen MR) is 167 cm³/mol. The molecule has 0 bridgehead atoms. The van der Waals surface area contributed by atoms with Crippen molar-refractivity contribution < 1.29 is 28.3 Å². The van der Waals surface area contributed by atoms with Gasteiger partial charge in [0.15, 0.2) is 0 Å². The summed E-state index contributed by atoms with van der Waals surface area (Å²) < 4.78 is 22.1. The van der Waals surface area contributed by atoms with Crippen LogP contribution in [0.2, 0.25) is 10.0 Å². The van der Waals surface area contributed by atoms with E-state index in [1.807, 2.05) is 36.4 Å². The minimum absolute atomic E-state index is 0.176. The van der Waals surface area contributed by atoms with Crippen molar-refractivity contribution in [2.24, 2.45) is 0 Å². The summed E-state index contributed by atoms with van der Waals surface area (Å²) in [6, 6.07) is 20.1. The Morgan fingerprint density at radius 3 is 2.30 bits per heavy atom. The topological polar surface area (TPSA) is 94.3 Å². The van der Waals surface area contributed by atoms with Crippen molar-refractivity contribution in [3.05, 3.63) is 105 Å². The molecule has 2 heterocycles. The van der Waals surface area contributed by atoms with Crippen LogP contribution in [0, 0.1) is 6.92 Å². The zero-order chi connectivity index (χ0) is 31.2. The first kappa shape index (κ1) is 31.5. The second-order valence-corrected chi connectivity index (χ2v) is 11.2. The summed E-state index contributed by atoms with van der Waals surface area (Å²) in [6.07, 6.45) is -0.262. The van der Waals surface area contributed by atoms with Crippen molar-refractivity contribution in [1.29, 1.82) is 0 Å². The highest BCUT2D eigenvalue weighted by Crippen LogP contribution is 2.37. The summed E-state index contributed by atoms with van der Waals surface area (Å²) in [6.45, 7) is 5.00. The number of methoxy groups -OCH3 is 2. The van der Waals surface area contributed by atoms with Gasteiger partial charge >= 0.3 is 5.97 Å². The monoisotopic (exact) mass is 637 g/mol. The van der Waals surface area contributed by atoms with Gasteiger partial charge in [0.1, 0.15) is 22.8 Å². The predicted octanol–water partition coefficient (Wildman–Crippen LogP) is 6.47. The SMILES string of the molecule is COC(=O)c1ccc(CO[C@@H](CN2CCN(C(=O)c3c(-c4c(Cl)cccc4Cl)noc3C)CC2)c2cccc(OC)c2)cc1. The van der Waals surface area contributed by atoms with Crippen LogP contribution in [0.25, 0.3) is 11.3 Å². The van der Waals surface area contributed by atoms with Crippen LogP contribution >= 0.6 is 23.2 Å². The third kappa shape index (κ3) is 7.08. The highest BCUT2D eigenvalue weighted by molar-refractivity contribution is 6.39. The van der Waals surface area contributed by atoms with Gasteiger partial charge in [-0.1, -0.05) is 58.7 Å². The summed E-state index contributed by atoms with van der Waals surface area (Å²) in [5, 5.41) is 4.93. The maximum atomic E-state index is 13.7. The number of amides is 1. The normalized spacial score (nSPS) is 14.3. The molecule has 3 aromatic carbocycles. The van der Waals surface area contributed by atoms with Gasteiger partial charge in [0.25, 0.3) is 5.91 Å². The lowest BCUT2D eigenvalue weighted by Gasteiger charge is -2.36. The highest BCUT2D eigenvalue weighted by atomic mass is 35.5. The third-order valence-corrected chi connectivity index (χ3v) is 8.28. The molecule has 0 radical (unpaired) electrons. The van der Waals surface area contributed by atoms with Crippen LogP contribution < -0.4 is 4.74 Å². The molecule has 5 rings (SSSR count). The van der Waals surface area contributed by atoms with E-state index < -0.39 is 0 Å². The van der Waals surface area contributed by atoms with Crippen LogP contribution in [0.3, 0.4) is 0 Å². The highest BCUT2D eigenvalue weighted by Gasteiger charge is 2.31. The van der Waals surface area contributed by atoms with Crippen LogP contribution in [0.15, 0.2) is 71.3 Å². The molecule has 1 saturated heterocycles. The average molecular weight is 639 g/mol. The number of ether oxygens (including phenoxy) is 3. The lowest BCUT2D eigenvalue weighted by molar-refractivity contribution is 0.00331. The van der Waals surface area contributed by atoms with Gasteiger partial charge in [-0.15, -0.1) is 0 Å². The molecule has 1 amide bonds. The van der Waals surface area contributed by atoms with Crippen molar-refractivity contribution >= 4 is 35.1 Å². The number of aryl methyl sites for hydroxylation is 1. The van der Waals surface area contributed by atoms with Gasteiger partial charge in [-0.05, 0) is 54.4 Å². The van der Waals surface area contributed by atoms with Gasteiger partial charge in [-0.25, -0.2) is 4.79 Å². The number of aromatic nitrogens is 1. The molecular weight excluding hydrogens is 605 g/mol. The fourth-order valence-corrected chi connectivity index (χ4v) is 5.77. The molecule has 230 valence electrons. The Kier molecular flexibility index (Phi) is 10.2. The van der Waals surface area contributed by atoms with Gasteiger partial charge < -0.3 is 23.6 Å². The zero-order valence-corrected chi connectivity index (χ0v) is 26.2. The van der Waals surface area contributed by atoms with Crippen molar-refractivity contribution in [3.63, 3.8) is 0 Å². The van der Waals surface area contributed by atoms with E-state index in [0.717, 1.165) is 16.9 Å². The minimum Gasteiger partial charge on any atom is -0.497 e.